The number of carboxylic acids is 1. The number of carboxylic acid groups (broad SMARTS) is 1. The van der Waals surface area contributed by atoms with E-state index in [1.54, 1.807) is 6.92 Å². The number of benzene rings is 1. The predicted octanol–water partition coefficient (Wildman–Crippen LogP) is 4.30. The average molecular weight is 352 g/mol. The lowest BCUT2D eigenvalue weighted by molar-refractivity contribution is -0.138. The highest BCUT2D eigenvalue weighted by Crippen LogP contribution is 2.42. The lowest BCUT2D eigenvalue weighted by Crippen LogP contribution is -2.23. The van der Waals surface area contributed by atoms with Crippen LogP contribution in [0.1, 0.15) is 71.1 Å². The summed E-state index contributed by atoms with van der Waals surface area (Å²) in [5, 5.41) is 9.38. The van der Waals surface area contributed by atoms with E-state index in [1.165, 1.54) is 0 Å². The fourth-order valence-corrected chi connectivity index (χ4v) is 2.48. The summed E-state index contributed by atoms with van der Waals surface area (Å²) in [6, 6.07) is 3.68. The van der Waals surface area contributed by atoms with E-state index in [2.05, 4.69) is 12.6 Å². The number of hydrogen-bond acceptors (Lipinski definition) is 4. The zero-order chi connectivity index (χ0) is 18.9. The summed E-state index contributed by atoms with van der Waals surface area (Å²) < 4.78 is 5.61. The zero-order valence-corrected chi connectivity index (χ0v) is 16.5. The molecule has 0 radical (unpaired) electrons. The summed E-state index contributed by atoms with van der Waals surface area (Å²) in [6.07, 6.45) is 0. The molecule has 0 aliphatic heterocycles. The molecule has 134 valence electrons. The number of ether oxygens (including phenoxy) is 1. The Morgan fingerprint density at radius 3 is 1.79 bits per heavy atom. The van der Waals surface area contributed by atoms with Gasteiger partial charge in [-0.25, -0.2) is 0 Å². The minimum Gasteiger partial charge on any atom is -0.481 e. The van der Waals surface area contributed by atoms with Crippen LogP contribution in [0.25, 0.3) is 0 Å². The second kappa shape index (κ2) is 7.18. The van der Waals surface area contributed by atoms with Crippen molar-refractivity contribution in [3.05, 3.63) is 28.8 Å². The Morgan fingerprint density at radius 2 is 1.50 bits per heavy atom. The Morgan fingerprint density at radius 1 is 1.08 bits per heavy atom. The number of thiol groups is 1. The lowest BCUT2D eigenvalue weighted by Gasteiger charge is -2.30. The van der Waals surface area contributed by atoms with E-state index in [1.807, 2.05) is 53.7 Å². The summed E-state index contributed by atoms with van der Waals surface area (Å²) in [5.74, 6) is -1.43. The van der Waals surface area contributed by atoms with E-state index >= 15 is 0 Å². The molecular weight excluding hydrogens is 324 g/mol. The molecule has 1 N–H and O–H groups in total. The van der Waals surface area contributed by atoms with Crippen molar-refractivity contribution in [1.82, 2.24) is 0 Å². The molecule has 0 saturated heterocycles. The van der Waals surface area contributed by atoms with Crippen LogP contribution in [-0.2, 0) is 20.4 Å². The molecule has 1 rings (SSSR count). The van der Waals surface area contributed by atoms with Crippen molar-refractivity contribution in [3.63, 3.8) is 0 Å². The number of carbonyl (C=O) groups is 2. The normalized spacial score (nSPS) is 13.5. The average Bonchev–Trinajstić information content (AvgIpc) is 2.43. The standard InChI is InChI=1S/C19H28O4S/c1-11(17(21)22)12-8-13(18(2,3)4)16(23-15(20)10-24)14(9-12)19(5,6)7/h8-9,11,24H,10H2,1-7H3,(H,21,22). The van der Waals surface area contributed by atoms with E-state index in [0.29, 0.717) is 11.3 Å². The van der Waals surface area contributed by atoms with Gasteiger partial charge in [0.05, 0.1) is 11.7 Å². The van der Waals surface area contributed by atoms with Gasteiger partial charge in [-0.15, -0.1) is 0 Å². The third kappa shape index (κ3) is 4.76. The monoisotopic (exact) mass is 352 g/mol. The largest absolute Gasteiger partial charge is 0.481 e. The molecule has 1 aromatic rings. The molecule has 0 saturated carbocycles. The maximum Gasteiger partial charge on any atom is 0.321 e. The summed E-state index contributed by atoms with van der Waals surface area (Å²) in [5.41, 5.74) is 1.75. The molecule has 0 aliphatic rings. The second-order valence-corrected chi connectivity index (χ2v) is 8.45. The Kier molecular flexibility index (Phi) is 6.15. The van der Waals surface area contributed by atoms with Crippen LogP contribution in [0.2, 0.25) is 0 Å². The topological polar surface area (TPSA) is 63.6 Å². The Balaban J connectivity index is 3.76. The molecule has 24 heavy (non-hydrogen) atoms. The summed E-state index contributed by atoms with van der Waals surface area (Å²) in [4.78, 5) is 23.3. The van der Waals surface area contributed by atoms with Crippen LogP contribution in [-0.4, -0.2) is 22.8 Å². The van der Waals surface area contributed by atoms with Crippen LogP contribution in [0.4, 0.5) is 0 Å². The summed E-state index contributed by atoms with van der Waals surface area (Å²) >= 11 is 3.99. The lowest BCUT2D eigenvalue weighted by atomic mass is 9.77. The van der Waals surface area contributed by atoms with E-state index in [-0.39, 0.29) is 16.6 Å². The molecule has 1 aromatic carbocycles. The third-order valence-corrected chi connectivity index (χ3v) is 4.20. The van der Waals surface area contributed by atoms with Crippen molar-refractivity contribution in [2.75, 3.05) is 5.75 Å². The van der Waals surface area contributed by atoms with Crippen molar-refractivity contribution in [1.29, 1.82) is 0 Å². The zero-order valence-electron chi connectivity index (χ0n) is 15.6. The van der Waals surface area contributed by atoms with E-state index in [4.69, 9.17) is 4.74 Å². The molecule has 4 nitrogen and oxygen atoms in total. The maximum atomic E-state index is 11.9. The van der Waals surface area contributed by atoms with Gasteiger partial charge >= 0.3 is 11.9 Å². The van der Waals surface area contributed by atoms with Crippen molar-refractivity contribution in [2.24, 2.45) is 0 Å². The van der Waals surface area contributed by atoms with E-state index in [0.717, 1.165) is 11.1 Å². The van der Waals surface area contributed by atoms with Crippen LogP contribution in [0.3, 0.4) is 0 Å². The van der Waals surface area contributed by atoms with Crippen LogP contribution in [0.5, 0.6) is 5.75 Å². The highest BCUT2D eigenvalue weighted by molar-refractivity contribution is 7.81. The van der Waals surface area contributed by atoms with Crippen molar-refractivity contribution in [3.8, 4) is 5.75 Å². The Bertz CT molecular complexity index is 601. The minimum atomic E-state index is -0.880. The van der Waals surface area contributed by atoms with Crippen LogP contribution < -0.4 is 4.74 Å². The highest BCUT2D eigenvalue weighted by Gasteiger charge is 2.30. The van der Waals surface area contributed by atoms with Crippen LogP contribution >= 0.6 is 12.6 Å². The SMILES string of the molecule is CC(C(=O)O)c1cc(C(C)(C)C)c(OC(=O)CS)c(C(C)(C)C)c1. The summed E-state index contributed by atoms with van der Waals surface area (Å²) in [7, 11) is 0. The highest BCUT2D eigenvalue weighted by atomic mass is 32.1. The number of esters is 1. The molecule has 0 aliphatic carbocycles. The first-order valence-corrected chi connectivity index (χ1v) is 8.65. The van der Waals surface area contributed by atoms with Gasteiger partial charge in [-0.1, -0.05) is 53.7 Å². The van der Waals surface area contributed by atoms with Gasteiger partial charge < -0.3 is 9.84 Å². The Labute approximate surface area is 150 Å². The molecular formula is C19H28O4S. The van der Waals surface area contributed by atoms with Gasteiger partial charge in [0.2, 0.25) is 0 Å². The van der Waals surface area contributed by atoms with Gasteiger partial charge in [0.25, 0.3) is 0 Å². The molecule has 1 unspecified atom stereocenters. The van der Waals surface area contributed by atoms with Gasteiger partial charge in [0.1, 0.15) is 5.75 Å². The van der Waals surface area contributed by atoms with E-state index in [9.17, 15) is 14.7 Å². The predicted molar refractivity (Wildman–Crippen MR) is 99.4 cm³/mol. The van der Waals surface area contributed by atoms with Gasteiger partial charge in [0.15, 0.2) is 0 Å². The first kappa shape index (κ1) is 20.6. The molecule has 5 heteroatoms. The molecule has 0 aromatic heterocycles. The number of carbonyl (C=O) groups excluding carboxylic acids is 1. The van der Waals surface area contributed by atoms with Gasteiger partial charge in [-0.2, -0.15) is 12.6 Å². The first-order chi connectivity index (χ1) is 10.8. The first-order valence-electron chi connectivity index (χ1n) is 8.02. The molecule has 0 bridgehead atoms. The van der Waals surface area contributed by atoms with E-state index < -0.39 is 17.9 Å². The number of aliphatic carboxylic acids is 1. The quantitative estimate of drug-likeness (QED) is 0.482. The van der Waals surface area contributed by atoms with Gasteiger partial charge in [-0.05, 0) is 23.3 Å². The summed E-state index contributed by atoms with van der Waals surface area (Å²) in [6.45, 7) is 13.8. The smallest absolute Gasteiger partial charge is 0.321 e. The van der Waals surface area contributed by atoms with Crippen molar-refractivity contribution in [2.45, 2.75) is 65.2 Å². The number of rotatable bonds is 4. The van der Waals surface area contributed by atoms with Crippen LogP contribution in [0.15, 0.2) is 12.1 Å². The third-order valence-electron chi connectivity index (χ3n) is 3.94. The van der Waals surface area contributed by atoms with Crippen molar-refractivity contribution >= 4 is 24.6 Å². The fourth-order valence-electron chi connectivity index (χ4n) is 2.41. The Hall–Kier alpha value is -1.49. The van der Waals surface area contributed by atoms with Gasteiger partial charge in [-0.3, -0.25) is 9.59 Å². The maximum absolute atomic E-state index is 11.9. The molecule has 0 amide bonds. The van der Waals surface area contributed by atoms with Crippen molar-refractivity contribution < 1.29 is 19.4 Å². The molecule has 0 spiro atoms. The fraction of sp³-hybridized carbons (Fsp3) is 0.579. The van der Waals surface area contributed by atoms with Crippen LogP contribution in [0, 0.1) is 0 Å². The molecule has 0 fully saturated rings. The van der Waals surface area contributed by atoms with Gasteiger partial charge in [0, 0.05) is 11.1 Å². The number of hydrogen-bond donors (Lipinski definition) is 2. The molecule has 0 heterocycles. The molecule has 1 atom stereocenters. The minimum absolute atomic E-state index is 0.0134. The second-order valence-electron chi connectivity index (χ2n) is 8.14.